The summed E-state index contributed by atoms with van der Waals surface area (Å²) in [5.41, 5.74) is 12.7. The number of nitrogens with two attached hydrogens (primary N) is 2. The van der Waals surface area contributed by atoms with E-state index in [4.69, 9.17) is 16.2 Å². The van der Waals surface area contributed by atoms with Crippen molar-refractivity contribution in [2.75, 3.05) is 30.4 Å². The van der Waals surface area contributed by atoms with Crippen LogP contribution >= 0.6 is 0 Å². The van der Waals surface area contributed by atoms with E-state index in [1.54, 1.807) is 19.4 Å². The van der Waals surface area contributed by atoms with Gasteiger partial charge in [0.1, 0.15) is 0 Å². The van der Waals surface area contributed by atoms with Crippen LogP contribution in [-0.4, -0.2) is 29.8 Å². The lowest BCUT2D eigenvalue weighted by Gasteiger charge is -2.07. The number of nitrogen functional groups attached to an aromatic ring is 2. The van der Waals surface area contributed by atoms with Crippen LogP contribution < -0.4 is 16.8 Å². The lowest BCUT2D eigenvalue weighted by Crippen LogP contribution is -2.07. The molecule has 0 bridgehead atoms. The summed E-state index contributed by atoms with van der Waals surface area (Å²) in [6, 6.07) is 0. The quantitative estimate of drug-likeness (QED) is 0.521. The SMILES string of the molecule is C=C(C=N/C(=C\CNc1cnc(N)nc1N)OC)C(C)C. The Hall–Kier alpha value is -2.57. The molecule has 1 aromatic heterocycles. The number of hydrogen-bond donors (Lipinski definition) is 3. The topological polar surface area (TPSA) is 111 Å². The molecule has 0 aliphatic carbocycles. The maximum atomic E-state index is 5.72. The van der Waals surface area contributed by atoms with Crippen molar-refractivity contribution in [2.45, 2.75) is 13.8 Å². The second-order valence-corrected chi connectivity index (χ2v) is 4.64. The Morgan fingerprint density at radius 3 is 2.81 bits per heavy atom. The minimum absolute atomic E-state index is 0.142. The van der Waals surface area contributed by atoms with Crippen LogP contribution in [0, 0.1) is 5.92 Å². The zero-order valence-corrected chi connectivity index (χ0v) is 12.6. The number of aromatic nitrogens is 2. The van der Waals surface area contributed by atoms with E-state index in [-0.39, 0.29) is 5.95 Å². The fourth-order valence-corrected chi connectivity index (χ4v) is 1.28. The van der Waals surface area contributed by atoms with Gasteiger partial charge in [0.05, 0.1) is 19.0 Å². The van der Waals surface area contributed by atoms with Gasteiger partial charge in [0.2, 0.25) is 11.8 Å². The number of ether oxygens (including phenoxy) is 1. The first-order valence-electron chi connectivity index (χ1n) is 6.53. The van der Waals surface area contributed by atoms with Crippen LogP contribution in [-0.2, 0) is 4.74 Å². The standard InChI is InChI=1S/C14H22N6O/c1-9(2)10(3)7-18-12(21-4)5-6-17-11-8-19-14(16)20-13(11)15/h5,7-9,17H,3,6H2,1-2,4H3,(H4,15,16,19,20)/b12-5+,18-7?. The summed E-state index contributed by atoms with van der Waals surface area (Å²) < 4.78 is 5.17. The van der Waals surface area contributed by atoms with Crippen LogP contribution in [0.1, 0.15) is 13.8 Å². The van der Waals surface area contributed by atoms with E-state index in [2.05, 4.69) is 40.7 Å². The Morgan fingerprint density at radius 2 is 2.24 bits per heavy atom. The van der Waals surface area contributed by atoms with Gasteiger partial charge in [-0.05, 0) is 17.6 Å². The van der Waals surface area contributed by atoms with Crippen LogP contribution in [0.2, 0.25) is 0 Å². The fourth-order valence-electron chi connectivity index (χ4n) is 1.28. The second kappa shape index (κ2) is 7.88. The summed E-state index contributed by atoms with van der Waals surface area (Å²) in [5, 5.41) is 3.06. The summed E-state index contributed by atoms with van der Waals surface area (Å²) in [6.45, 7) is 8.48. The average molecular weight is 290 g/mol. The Balaban J connectivity index is 2.62. The van der Waals surface area contributed by atoms with Crippen LogP contribution in [0.25, 0.3) is 0 Å². The van der Waals surface area contributed by atoms with Crippen LogP contribution in [0.3, 0.4) is 0 Å². The van der Waals surface area contributed by atoms with E-state index in [0.29, 0.717) is 29.9 Å². The van der Waals surface area contributed by atoms with Gasteiger partial charge in [-0.2, -0.15) is 4.98 Å². The molecule has 5 N–H and O–H groups in total. The predicted octanol–water partition coefficient (Wildman–Crippen LogP) is 1.82. The molecule has 7 heteroatoms. The summed E-state index contributed by atoms with van der Waals surface area (Å²) in [5.74, 6) is 1.27. The Morgan fingerprint density at radius 1 is 1.52 bits per heavy atom. The van der Waals surface area contributed by atoms with Gasteiger partial charge in [-0.15, -0.1) is 0 Å². The van der Waals surface area contributed by atoms with Crippen molar-refractivity contribution in [2.24, 2.45) is 10.9 Å². The van der Waals surface area contributed by atoms with E-state index in [1.165, 1.54) is 6.20 Å². The molecular formula is C14H22N6O. The summed E-state index contributed by atoms with van der Waals surface area (Å²) >= 11 is 0. The highest BCUT2D eigenvalue weighted by molar-refractivity contribution is 5.78. The zero-order valence-electron chi connectivity index (χ0n) is 12.6. The molecule has 114 valence electrons. The molecule has 0 aliphatic heterocycles. The van der Waals surface area contributed by atoms with E-state index >= 15 is 0 Å². The minimum Gasteiger partial charge on any atom is -0.481 e. The number of methoxy groups -OCH3 is 1. The van der Waals surface area contributed by atoms with Gasteiger partial charge < -0.3 is 21.5 Å². The third-order valence-electron chi connectivity index (χ3n) is 2.71. The normalized spacial score (nSPS) is 11.9. The molecule has 0 spiro atoms. The molecule has 0 saturated heterocycles. The van der Waals surface area contributed by atoms with Gasteiger partial charge in [-0.3, -0.25) is 0 Å². The van der Waals surface area contributed by atoms with E-state index in [9.17, 15) is 0 Å². The monoisotopic (exact) mass is 290 g/mol. The first-order chi connectivity index (χ1) is 9.93. The first-order valence-corrected chi connectivity index (χ1v) is 6.53. The highest BCUT2D eigenvalue weighted by Crippen LogP contribution is 2.14. The van der Waals surface area contributed by atoms with Gasteiger partial charge in [0.15, 0.2) is 5.82 Å². The average Bonchev–Trinajstić information content (AvgIpc) is 2.44. The zero-order chi connectivity index (χ0) is 15.8. The third kappa shape index (κ3) is 5.52. The van der Waals surface area contributed by atoms with Crippen molar-refractivity contribution in [1.82, 2.24) is 9.97 Å². The second-order valence-electron chi connectivity index (χ2n) is 4.64. The van der Waals surface area contributed by atoms with Crippen LogP contribution in [0.5, 0.6) is 0 Å². The number of rotatable bonds is 7. The minimum atomic E-state index is 0.142. The molecule has 21 heavy (non-hydrogen) atoms. The van der Waals surface area contributed by atoms with Crippen LogP contribution in [0.15, 0.2) is 35.3 Å². The van der Waals surface area contributed by atoms with E-state index < -0.39 is 0 Å². The van der Waals surface area contributed by atoms with Gasteiger partial charge in [-0.1, -0.05) is 20.4 Å². The number of anilines is 3. The summed E-state index contributed by atoms with van der Waals surface area (Å²) in [6.07, 6.45) is 5.00. The molecule has 0 aliphatic rings. The third-order valence-corrected chi connectivity index (χ3v) is 2.71. The van der Waals surface area contributed by atoms with Crippen molar-refractivity contribution in [1.29, 1.82) is 0 Å². The molecule has 1 heterocycles. The van der Waals surface area contributed by atoms with Crippen LogP contribution in [0.4, 0.5) is 17.5 Å². The molecule has 0 aromatic carbocycles. The molecule has 1 rings (SSSR count). The smallest absolute Gasteiger partial charge is 0.222 e. The summed E-state index contributed by atoms with van der Waals surface area (Å²) in [7, 11) is 1.56. The van der Waals surface area contributed by atoms with E-state index in [1.807, 2.05) is 0 Å². The van der Waals surface area contributed by atoms with Crippen molar-refractivity contribution >= 4 is 23.7 Å². The maximum Gasteiger partial charge on any atom is 0.222 e. The molecule has 0 fully saturated rings. The molecular weight excluding hydrogens is 268 g/mol. The van der Waals surface area contributed by atoms with E-state index in [0.717, 1.165) is 5.57 Å². The number of nitrogens with zero attached hydrogens (tertiary/aromatic N) is 3. The molecule has 1 aromatic rings. The lowest BCUT2D eigenvalue weighted by atomic mass is 10.1. The molecule has 7 nitrogen and oxygen atoms in total. The highest BCUT2D eigenvalue weighted by Gasteiger charge is 2.01. The van der Waals surface area contributed by atoms with Gasteiger partial charge in [-0.25, -0.2) is 9.98 Å². The number of aliphatic imine (C=N–C) groups is 1. The van der Waals surface area contributed by atoms with Crippen molar-refractivity contribution in [3.8, 4) is 0 Å². The lowest BCUT2D eigenvalue weighted by molar-refractivity contribution is 0.288. The largest absolute Gasteiger partial charge is 0.481 e. The molecule has 0 atom stereocenters. The highest BCUT2D eigenvalue weighted by atomic mass is 16.5. The summed E-state index contributed by atoms with van der Waals surface area (Å²) in [4.78, 5) is 11.9. The fraction of sp³-hybridized carbons (Fsp3) is 0.357. The molecule has 0 saturated carbocycles. The van der Waals surface area contributed by atoms with Crippen molar-refractivity contribution < 1.29 is 4.74 Å². The van der Waals surface area contributed by atoms with Gasteiger partial charge in [0.25, 0.3) is 0 Å². The van der Waals surface area contributed by atoms with Gasteiger partial charge >= 0.3 is 0 Å². The maximum absolute atomic E-state index is 5.72. The first kappa shape index (κ1) is 16.5. The van der Waals surface area contributed by atoms with Gasteiger partial charge in [0, 0.05) is 12.8 Å². The Bertz CT molecular complexity index is 550. The number of nitrogens with one attached hydrogen (secondary N) is 1. The number of hydrogen-bond acceptors (Lipinski definition) is 7. The molecule has 0 radical (unpaired) electrons. The van der Waals surface area contributed by atoms with Crippen molar-refractivity contribution in [3.63, 3.8) is 0 Å². The van der Waals surface area contributed by atoms with Crippen molar-refractivity contribution in [3.05, 3.63) is 30.3 Å². The predicted molar refractivity (Wildman–Crippen MR) is 86.9 cm³/mol. The molecule has 0 amide bonds. The molecule has 0 unspecified atom stereocenters. The number of allylic oxidation sites excluding steroid dienone is 1. The Kier molecular flexibility index (Phi) is 6.19. The Labute approximate surface area is 124 Å².